The average Bonchev–Trinajstić information content (AvgIpc) is 3.13. The first-order valence-corrected chi connectivity index (χ1v) is 9.14. The largest absolute Gasteiger partial charge is 0.492 e. The molecule has 8 heteroatoms. The number of nitrogens with one attached hydrogen (secondary N) is 2. The van der Waals surface area contributed by atoms with E-state index >= 15 is 0 Å². The minimum atomic E-state index is 0. The first-order valence-electron chi connectivity index (χ1n) is 8.76. The Morgan fingerprint density at radius 1 is 1.31 bits per heavy atom. The first-order chi connectivity index (χ1) is 12.3. The SMILES string of the molecule is CN=C(NCCCOCC1CCOC1)NCCOc1cccc(Cl)c1.I. The molecular weight excluding hydrogens is 469 g/mol. The summed E-state index contributed by atoms with van der Waals surface area (Å²) in [6, 6.07) is 7.38. The molecule has 2 rings (SSSR count). The molecule has 0 aromatic heterocycles. The Bertz CT molecular complexity index is 528. The summed E-state index contributed by atoms with van der Waals surface area (Å²) in [5, 5.41) is 7.15. The van der Waals surface area contributed by atoms with Crippen molar-refractivity contribution in [2.75, 3.05) is 53.2 Å². The van der Waals surface area contributed by atoms with Crippen LogP contribution in [0, 0.1) is 5.92 Å². The molecule has 1 atom stereocenters. The van der Waals surface area contributed by atoms with Gasteiger partial charge in [-0.25, -0.2) is 0 Å². The quantitative estimate of drug-likeness (QED) is 0.225. The fourth-order valence-corrected chi connectivity index (χ4v) is 2.64. The molecule has 148 valence electrons. The van der Waals surface area contributed by atoms with Crippen LogP contribution in [0.15, 0.2) is 29.3 Å². The molecule has 1 unspecified atom stereocenters. The van der Waals surface area contributed by atoms with E-state index in [0.29, 0.717) is 24.1 Å². The van der Waals surface area contributed by atoms with Gasteiger partial charge in [0.2, 0.25) is 0 Å². The molecule has 1 saturated heterocycles. The van der Waals surface area contributed by atoms with Crippen LogP contribution in [0.3, 0.4) is 0 Å². The van der Waals surface area contributed by atoms with Gasteiger partial charge in [0.05, 0.1) is 19.8 Å². The predicted molar refractivity (Wildman–Crippen MR) is 116 cm³/mol. The molecule has 1 heterocycles. The van der Waals surface area contributed by atoms with E-state index in [9.17, 15) is 0 Å². The number of halogens is 2. The summed E-state index contributed by atoms with van der Waals surface area (Å²) in [6.45, 7) is 5.27. The lowest BCUT2D eigenvalue weighted by molar-refractivity contribution is 0.0888. The average molecular weight is 498 g/mol. The van der Waals surface area contributed by atoms with E-state index < -0.39 is 0 Å². The number of hydrogen-bond acceptors (Lipinski definition) is 4. The number of aliphatic imine (C=N–C) groups is 1. The Morgan fingerprint density at radius 3 is 2.88 bits per heavy atom. The normalized spacial score (nSPS) is 16.8. The van der Waals surface area contributed by atoms with Gasteiger partial charge in [0.1, 0.15) is 12.4 Å². The second-order valence-corrected chi connectivity index (χ2v) is 6.33. The lowest BCUT2D eigenvalue weighted by Crippen LogP contribution is -2.39. The number of nitrogens with zero attached hydrogens (tertiary/aromatic N) is 1. The van der Waals surface area contributed by atoms with Gasteiger partial charge in [-0.15, -0.1) is 24.0 Å². The van der Waals surface area contributed by atoms with Gasteiger partial charge in [-0.1, -0.05) is 17.7 Å². The van der Waals surface area contributed by atoms with Crippen LogP contribution < -0.4 is 15.4 Å². The molecule has 1 aromatic rings. The third-order valence-electron chi connectivity index (χ3n) is 3.82. The van der Waals surface area contributed by atoms with Gasteiger partial charge < -0.3 is 24.8 Å². The lowest BCUT2D eigenvalue weighted by Gasteiger charge is -2.13. The Balaban J connectivity index is 0.00000338. The Labute approximate surface area is 178 Å². The van der Waals surface area contributed by atoms with Crippen LogP contribution >= 0.6 is 35.6 Å². The predicted octanol–water partition coefficient (Wildman–Crippen LogP) is 2.95. The molecule has 1 aromatic carbocycles. The smallest absolute Gasteiger partial charge is 0.191 e. The van der Waals surface area contributed by atoms with Crippen molar-refractivity contribution in [1.29, 1.82) is 0 Å². The van der Waals surface area contributed by atoms with E-state index in [1.807, 2.05) is 18.2 Å². The number of ether oxygens (including phenoxy) is 3. The van der Waals surface area contributed by atoms with Crippen LogP contribution in [0.4, 0.5) is 0 Å². The maximum absolute atomic E-state index is 5.92. The van der Waals surface area contributed by atoms with Crippen molar-refractivity contribution in [3.05, 3.63) is 29.3 Å². The molecule has 0 amide bonds. The number of rotatable bonds is 10. The van der Waals surface area contributed by atoms with Crippen LogP contribution in [-0.2, 0) is 9.47 Å². The second kappa shape index (κ2) is 14.3. The molecule has 26 heavy (non-hydrogen) atoms. The summed E-state index contributed by atoms with van der Waals surface area (Å²) in [6.07, 6.45) is 2.05. The summed E-state index contributed by atoms with van der Waals surface area (Å²) in [5.74, 6) is 2.10. The zero-order chi connectivity index (χ0) is 17.7. The van der Waals surface area contributed by atoms with E-state index in [-0.39, 0.29) is 24.0 Å². The molecule has 1 fully saturated rings. The van der Waals surface area contributed by atoms with E-state index in [2.05, 4.69) is 15.6 Å². The number of hydrogen-bond donors (Lipinski definition) is 2. The van der Waals surface area contributed by atoms with Crippen molar-refractivity contribution in [2.45, 2.75) is 12.8 Å². The third-order valence-corrected chi connectivity index (χ3v) is 4.05. The standard InChI is InChI=1S/C18H28ClN3O3.HI/c1-20-18(21-7-3-9-23-13-15-6-10-24-14-15)22-8-11-25-17-5-2-4-16(19)12-17;/h2,4-5,12,15H,3,6-11,13-14H2,1H3,(H2,20,21,22);1H. The van der Waals surface area contributed by atoms with Crippen LogP contribution in [0.1, 0.15) is 12.8 Å². The maximum atomic E-state index is 5.92. The monoisotopic (exact) mass is 497 g/mol. The first kappa shape index (κ1) is 23.3. The molecule has 2 N–H and O–H groups in total. The molecule has 0 spiro atoms. The van der Waals surface area contributed by atoms with Crippen molar-refractivity contribution in [1.82, 2.24) is 10.6 Å². The highest BCUT2D eigenvalue weighted by atomic mass is 127. The van der Waals surface area contributed by atoms with E-state index in [1.54, 1.807) is 13.1 Å². The molecule has 1 aliphatic rings. The molecule has 6 nitrogen and oxygen atoms in total. The van der Waals surface area contributed by atoms with Crippen molar-refractivity contribution < 1.29 is 14.2 Å². The van der Waals surface area contributed by atoms with Crippen LogP contribution in [0.25, 0.3) is 0 Å². The highest BCUT2D eigenvalue weighted by molar-refractivity contribution is 14.0. The molecular formula is C18H29ClIN3O3. The van der Waals surface area contributed by atoms with Gasteiger partial charge in [-0.2, -0.15) is 0 Å². The zero-order valence-corrected chi connectivity index (χ0v) is 18.3. The second-order valence-electron chi connectivity index (χ2n) is 5.89. The third kappa shape index (κ3) is 9.80. The van der Waals surface area contributed by atoms with E-state index in [1.165, 1.54) is 0 Å². The molecule has 1 aliphatic heterocycles. The Hall–Kier alpha value is -0.770. The number of benzene rings is 1. The lowest BCUT2D eigenvalue weighted by atomic mass is 10.1. The summed E-state index contributed by atoms with van der Waals surface area (Å²) < 4.78 is 16.6. The molecule has 0 radical (unpaired) electrons. The summed E-state index contributed by atoms with van der Waals surface area (Å²) in [5.41, 5.74) is 0. The van der Waals surface area contributed by atoms with Gasteiger partial charge in [-0.05, 0) is 31.0 Å². The van der Waals surface area contributed by atoms with E-state index in [0.717, 1.165) is 57.5 Å². The molecule has 0 bridgehead atoms. The van der Waals surface area contributed by atoms with Gasteiger partial charge in [-0.3, -0.25) is 4.99 Å². The summed E-state index contributed by atoms with van der Waals surface area (Å²) >= 11 is 5.92. The fraction of sp³-hybridized carbons (Fsp3) is 0.611. The zero-order valence-electron chi connectivity index (χ0n) is 15.2. The van der Waals surface area contributed by atoms with Crippen molar-refractivity contribution in [3.63, 3.8) is 0 Å². The van der Waals surface area contributed by atoms with Gasteiger partial charge in [0.25, 0.3) is 0 Å². The maximum Gasteiger partial charge on any atom is 0.191 e. The van der Waals surface area contributed by atoms with Gasteiger partial charge in [0, 0.05) is 37.7 Å². The number of guanidine groups is 1. The molecule has 0 aliphatic carbocycles. The van der Waals surface area contributed by atoms with Crippen molar-refractivity contribution in [3.8, 4) is 5.75 Å². The van der Waals surface area contributed by atoms with Crippen LogP contribution in [0.2, 0.25) is 5.02 Å². The minimum absolute atomic E-state index is 0. The van der Waals surface area contributed by atoms with Crippen LogP contribution in [-0.4, -0.2) is 59.1 Å². The summed E-state index contributed by atoms with van der Waals surface area (Å²) in [7, 11) is 1.75. The van der Waals surface area contributed by atoms with Gasteiger partial charge >= 0.3 is 0 Å². The Kier molecular flexibility index (Phi) is 12.8. The highest BCUT2D eigenvalue weighted by Gasteiger charge is 2.15. The van der Waals surface area contributed by atoms with Gasteiger partial charge in [0.15, 0.2) is 5.96 Å². The van der Waals surface area contributed by atoms with E-state index in [4.69, 9.17) is 25.8 Å². The van der Waals surface area contributed by atoms with Crippen molar-refractivity contribution in [2.24, 2.45) is 10.9 Å². The van der Waals surface area contributed by atoms with Crippen molar-refractivity contribution >= 4 is 41.5 Å². The van der Waals surface area contributed by atoms with Crippen LogP contribution in [0.5, 0.6) is 5.75 Å². The fourth-order valence-electron chi connectivity index (χ4n) is 2.46. The Morgan fingerprint density at radius 2 is 2.15 bits per heavy atom. The molecule has 0 saturated carbocycles. The highest BCUT2D eigenvalue weighted by Crippen LogP contribution is 2.16. The topological polar surface area (TPSA) is 64.1 Å². The summed E-state index contributed by atoms with van der Waals surface area (Å²) in [4.78, 5) is 4.19. The minimum Gasteiger partial charge on any atom is -0.492 e.